The van der Waals surface area contributed by atoms with Crippen molar-refractivity contribution in [2.24, 2.45) is 5.14 Å². The average molecular weight is 420 g/mol. The highest BCUT2D eigenvalue weighted by atomic mass is 32.2. The van der Waals surface area contributed by atoms with Gasteiger partial charge in [-0.05, 0) is 56.2 Å². The molecule has 8 nitrogen and oxygen atoms in total. The zero-order valence-corrected chi connectivity index (χ0v) is 17.2. The summed E-state index contributed by atoms with van der Waals surface area (Å²) in [5.74, 6) is -0.619. The average Bonchev–Trinajstić information content (AvgIpc) is 2.65. The van der Waals surface area contributed by atoms with Crippen LogP contribution in [0.5, 0.6) is 5.75 Å². The minimum Gasteiger partial charge on any atom is -0.479 e. The minimum atomic E-state index is -3.78. The fourth-order valence-corrected chi connectivity index (χ4v) is 3.02. The number of carbonyl (C=O) groups excluding carboxylic acids is 2. The van der Waals surface area contributed by atoms with Crippen LogP contribution >= 0.6 is 0 Å². The van der Waals surface area contributed by atoms with E-state index in [0.29, 0.717) is 11.3 Å². The van der Waals surface area contributed by atoms with Gasteiger partial charge in [-0.25, -0.2) is 18.4 Å². The van der Waals surface area contributed by atoms with E-state index < -0.39 is 40.7 Å². The molecule has 2 rings (SSSR count). The molecule has 2 aromatic carbocycles. The molecule has 2 aromatic rings. The van der Waals surface area contributed by atoms with E-state index in [1.165, 1.54) is 19.1 Å². The Kier molecular flexibility index (Phi) is 7.35. The minimum absolute atomic E-state index is 0.0173. The van der Waals surface area contributed by atoms with Crippen molar-refractivity contribution in [1.82, 2.24) is 5.32 Å². The monoisotopic (exact) mass is 420 g/mol. The van der Waals surface area contributed by atoms with E-state index in [1.807, 2.05) is 19.1 Å². The molecule has 29 heavy (non-hydrogen) atoms. The van der Waals surface area contributed by atoms with E-state index in [1.54, 1.807) is 31.2 Å². The van der Waals surface area contributed by atoms with Crippen LogP contribution in [0.1, 0.15) is 31.0 Å². The SMILES string of the molecule is Cc1cccc(O[C@H](C)C(=O)OCC(=O)N[C@@H](C)c2ccc(S(N)(=O)=O)cc2)c1. The summed E-state index contributed by atoms with van der Waals surface area (Å²) in [5.41, 5.74) is 1.67. The summed E-state index contributed by atoms with van der Waals surface area (Å²) in [6.45, 7) is 4.71. The number of nitrogens with one attached hydrogen (secondary N) is 1. The molecule has 0 spiro atoms. The van der Waals surface area contributed by atoms with Gasteiger partial charge in [-0.1, -0.05) is 24.3 Å². The van der Waals surface area contributed by atoms with Crippen molar-refractivity contribution in [3.05, 3.63) is 59.7 Å². The third-order valence-electron chi connectivity index (χ3n) is 4.07. The van der Waals surface area contributed by atoms with Gasteiger partial charge in [-0.3, -0.25) is 4.79 Å². The van der Waals surface area contributed by atoms with Crippen molar-refractivity contribution >= 4 is 21.9 Å². The molecule has 0 aliphatic rings. The lowest BCUT2D eigenvalue weighted by molar-refractivity contribution is -0.154. The van der Waals surface area contributed by atoms with Gasteiger partial charge in [-0.2, -0.15) is 0 Å². The van der Waals surface area contributed by atoms with E-state index in [4.69, 9.17) is 14.6 Å². The summed E-state index contributed by atoms with van der Waals surface area (Å²) < 4.78 is 33.1. The first-order chi connectivity index (χ1) is 13.6. The summed E-state index contributed by atoms with van der Waals surface area (Å²) in [7, 11) is -3.78. The van der Waals surface area contributed by atoms with E-state index >= 15 is 0 Å². The van der Waals surface area contributed by atoms with Crippen molar-refractivity contribution in [3.8, 4) is 5.75 Å². The maximum Gasteiger partial charge on any atom is 0.347 e. The summed E-state index contributed by atoms with van der Waals surface area (Å²) in [6.07, 6.45) is -0.868. The van der Waals surface area contributed by atoms with Crippen molar-refractivity contribution in [2.75, 3.05) is 6.61 Å². The fraction of sp³-hybridized carbons (Fsp3) is 0.300. The number of amides is 1. The molecular weight excluding hydrogens is 396 g/mol. The van der Waals surface area contributed by atoms with Gasteiger partial charge >= 0.3 is 5.97 Å². The first-order valence-electron chi connectivity index (χ1n) is 8.88. The maximum absolute atomic E-state index is 12.0. The van der Waals surface area contributed by atoms with Gasteiger partial charge in [-0.15, -0.1) is 0 Å². The largest absolute Gasteiger partial charge is 0.479 e. The van der Waals surface area contributed by atoms with Crippen LogP contribution < -0.4 is 15.2 Å². The van der Waals surface area contributed by atoms with Gasteiger partial charge < -0.3 is 14.8 Å². The van der Waals surface area contributed by atoms with E-state index in [2.05, 4.69) is 5.32 Å². The number of rotatable bonds is 8. The molecule has 0 saturated heterocycles. The second-order valence-electron chi connectivity index (χ2n) is 6.59. The Morgan fingerprint density at radius 1 is 1.10 bits per heavy atom. The number of nitrogens with two attached hydrogens (primary N) is 1. The molecule has 156 valence electrons. The van der Waals surface area contributed by atoms with Crippen LogP contribution in [0.25, 0.3) is 0 Å². The molecule has 0 bridgehead atoms. The van der Waals surface area contributed by atoms with E-state index in [-0.39, 0.29) is 4.90 Å². The summed E-state index contributed by atoms with van der Waals surface area (Å²) >= 11 is 0. The third-order valence-corrected chi connectivity index (χ3v) is 5.00. The highest BCUT2D eigenvalue weighted by molar-refractivity contribution is 7.89. The fourth-order valence-electron chi connectivity index (χ4n) is 2.51. The number of carbonyl (C=O) groups is 2. The number of primary sulfonamides is 1. The van der Waals surface area contributed by atoms with Crippen molar-refractivity contribution < 1.29 is 27.5 Å². The maximum atomic E-state index is 12.0. The van der Waals surface area contributed by atoms with Crippen molar-refractivity contribution in [3.63, 3.8) is 0 Å². The molecule has 0 aliphatic carbocycles. The second kappa shape index (κ2) is 9.53. The molecular formula is C20H24N2O6S. The zero-order chi connectivity index (χ0) is 21.6. The normalized spacial score (nSPS) is 13.2. The molecule has 0 fully saturated rings. The Hall–Kier alpha value is -2.91. The third kappa shape index (κ3) is 6.88. The lowest BCUT2D eigenvalue weighted by Gasteiger charge is -2.16. The lowest BCUT2D eigenvalue weighted by Crippen LogP contribution is -2.34. The molecule has 1 amide bonds. The molecule has 0 aromatic heterocycles. The van der Waals surface area contributed by atoms with E-state index in [9.17, 15) is 18.0 Å². The summed E-state index contributed by atoms with van der Waals surface area (Å²) in [4.78, 5) is 24.0. The molecule has 0 unspecified atom stereocenters. The van der Waals surface area contributed by atoms with Crippen molar-refractivity contribution in [2.45, 2.75) is 37.8 Å². The molecule has 3 N–H and O–H groups in total. The Bertz CT molecular complexity index is 973. The number of ether oxygens (including phenoxy) is 2. The molecule has 0 heterocycles. The second-order valence-corrected chi connectivity index (χ2v) is 8.15. The van der Waals surface area contributed by atoms with Gasteiger partial charge in [0, 0.05) is 0 Å². The number of esters is 1. The quantitative estimate of drug-likeness (QED) is 0.628. The highest BCUT2D eigenvalue weighted by Crippen LogP contribution is 2.16. The molecule has 0 radical (unpaired) electrons. The Morgan fingerprint density at radius 3 is 2.34 bits per heavy atom. The Labute approximate surface area is 170 Å². The lowest BCUT2D eigenvalue weighted by atomic mass is 10.1. The van der Waals surface area contributed by atoms with Crippen LogP contribution in [0.3, 0.4) is 0 Å². The smallest absolute Gasteiger partial charge is 0.347 e. The van der Waals surface area contributed by atoms with Crippen LogP contribution in [-0.4, -0.2) is 33.0 Å². The van der Waals surface area contributed by atoms with Crippen LogP contribution in [0.4, 0.5) is 0 Å². The Balaban J connectivity index is 1.83. The van der Waals surface area contributed by atoms with E-state index in [0.717, 1.165) is 5.56 Å². The predicted octanol–water partition coefficient (Wildman–Crippen LogP) is 1.83. The highest BCUT2D eigenvalue weighted by Gasteiger charge is 2.19. The molecule has 2 atom stereocenters. The van der Waals surface area contributed by atoms with Gasteiger partial charge in [0.2, 0.25) is 10.0 Å². The number of benzene rings is 2. The van der Waals surface area contributed by atoms with Crippen molar-refractivity contribution in [1.29, 1.82) is 0 Å². The van der Waals surface area contributed by atoms with Crippen LogP contribution in [-0.2, 0) is 24.3 Å². The van der Waals surface area contributed by atoms with Gasteiger partial charge in [0.15, 0.2) is 12.7 Å². The molecule has 0 aliphatic heterocycles. The van der Waals surface area contributed by atoms with Crippen LogP contribution in [0.15, 0.2) is 53.4 Å². The summed E-state index contributed by atoms with van der Waals surface area (Å²) in [6, 6.07) is 12.6. The predicted molar refractivity (Wildman–Crippen MR) is 107 cm³/mol. The molecule has 0 saturated carbocycles. The summed E-state index contributed by atoms with van der Waals surface area (Å²) in [5, 5.41) is 7.72. The Morgan fingerprint density at radius 2 is 1.76 bits per heavy atom. The van der Waals surface area contributed by atoms with Crippen LogP contribution in [0.2, 0.25) is 0 Å². The van der Waals surface area contributed by atoms with Gasteiger partial charge in [0.05, 0.1) is 10.9 Å². The topological polar surface area (TPSA) is 125 Å². The number of aryl methyl sites for hydroxylation is 1. The molecule has 9 heteroatoms. The first kappa shape index (κ1) is 22.4. The first-order valence-corrected chi connectivity index (χ1v) is 10.4. The number of sulfonamides is 1. The zero-order valence-electron chi connectivity index (χ0n) is 16.4. The van der Waals surface area contributed by atoms with Gasteiger partial charge in [0.1, 0.15) is 5.75 Å². The number of hydrogen-bond acceptors (Lipinski definition) is 6. The van der Waals surface area contributed by atoms with Gasteiger partial charge in [0.25, 0.3) is 5.91 Å². The number of hydrogen-bond donors (Lipinski definition) is 2. The standard InChI is InChI=1S/C20H24N2O6S/c1-13-5-4-6-17(11-13)28-15(3)20(24)27-12-19(23)22-14(2)16-7-9-18(10-8-16)29(21,25)26/h4-11,14-15H,12H2,1-3H3,(H,22,23)(H2,21,25,26)/t14-,15+/m0/s1. The van der Waals surface area contributed by atoms with Crippen LogP contribution in [0, 0.1) is 6.92 Å².